The number of hydrogen-bond acceptors (Lipinski definition) is 4. The Morgan fingerprint density at radius 3 is 2.70 bits per heavy atom. The SMILES string of the molecule is O=C(Cn1cccn1)N1CCCS(=O)(=O)CC1c1ccccc1. The van der Waals surface area contributed by atoms with Gasteiger partial charge in [0.25, 0.3) is 0 Å². The molecule has 1 fully saturated rings. The van der Waals surface area contributed by atoms with Crippen LogP contribution in [-0.2, 0) is 21.2 Å². The van der Waals surface area contributed by atoms with E-state index in [0.717, 1.165) is 5.56 Å². The summed E-state index contributed by atoms with van der Waals surface area (Å²) in [4.78, 5) is 14.4. The predicted molar refractivity (Wildman–Crippen MR) is 86.4 cm³/mol. The lowest BCUT2D eigenvalue weighted by Crippen LogP contribution is -2.39. The minimum atomic E-state index is -3.16. The Balaban J connectivity index is 1.89. The van der Waals surface area contributed by atoms with E-state index in [1.54, 1.807) is 28.0 Å². The molecule has 3 rings (SSSR count). The number of carbonyl (C=O) groups excluding carboxylic acids is 1. The standard InChI is InChI=1S/C16H19N3O3S/c20-16(12-18-9-4-8-17-18)19-10-5-11-23(21,22)13-15(19)14-6-2-1-3-7-14/h1-4,6-9,15H,5,10-13H2. The molecular formula is C16H19N3O3S. The number of hydrogen-bond donors (Lipinski definition) is 0. The minimum absolute atomic E-state index is 0.0259. The fraction of sp³-hybridized carbons (Fsp3) is 0.375. The Morgan fingerprint density at radius 1 is 1.22 bits per heavy atom. The summed E-state index contributed by atoms with van der Waals surface area (Å²) in [5.41, 5.74) is 0.854. The van der Waals surface area contributed by atoms with Crippen molar-refractivity contribution in [2.24, 2.45) is 0 Å². The second-order valence-corrected chi connectivity index (χ2v) is 7.91. The van der Waals surface area contributed by atoms with Gasteiger partial charge < -0.3 is 4.90 Å². The molecule has 0 N–H and O–H groups in total. The van der Waals surface area contributed by atoms with Crippen LogP contribution in [0.5, 0.6) is 0 Å². The van der Waals surface area contributed by atoms with Crippen molar-refractivity contribution < 1.29 is 13.2 Å². The summed E-state index contributed by atoms with van der Waals surface area (Å²) in [5.74, 6) is -0.0105. The summed E-state index contributed by atoms with van der Waals surface area (Å²) in [7, 11) is -3.16. The Morgan fingerprint density at radius 2 is 2.00 bits per heavy atom. The Hall–Kier alpha value is -2.15. The molecule has 1 aromatic heterocycles. The highest BCUT2D eigenvalue weighted by Crippen LogP contribution is 2.26. The van der Waals surface area contributed by atoms with Crippen LogP contribution in [0, 0.1) is 0 Å². The van der Waals surface area contributed by atoms with Crippen molar-refractivity contribution in [2.45, 2.75) is 19.0 Å². The molecule has 0 saturated carbocycles. The number of carbonyl (C=O) groups is 1. The van der Waals surface area contributed by atoms with E-state index in [0.29, 0.717) is 13.0 Å². The van der Waals surface area contributed by atoms with Gasteiger partial charge in [-0.15, -0.1) is 0 Å². The number of amides is 1. The van der Waals surface area contributed by atoms with E-state index in [4.69, 9.17) is 0 Å². The van der Waals surface area contributed by atoms with Gasteiger partial charge in [0.15, 0.2) is 9.84 Å². The largest absolute Gasteiger partial charge is 0.333 e. The lowest BCUT2D eigenvalue weighted by molar-refractivity contribution is -0.134. The van der Waals surface area contributed by atoms with Crippen LogP contribution in [0.3, 0.4) is 0 Å². The fourth-order valence-electron chi connectivity index (χ4n) is 2.90. The van der Waals surface area contributed by atoms with Crippen molar-refractivity contribution in [1.82, 2.24) is 14.7 Å². The Bertz CT molecular complexity index is 757. The third-order valence-electron chi connectivity index (χ3n) is 4.00. The van der Waals surface area contributed by atoms with E-state index in [-0.39, 0.29) is 24.0 Å². The highest BCUT2D eigenvalue weighted by Gasteiger charge is 2.32. The summed E-state index contributed by atoms with van der Waals surface area (Å²) in [6.45, 7) is 0.565. The first-order valence-electron chi connectivity index (χ1n) is 7.57. The van der Waals surface area contributed by atoms with Crippen molar-refractivity contribution in [1.29, 1.82) is 0 Å². The molecule has 1 aromatic carbocycles. The monoisotopic (exact) mass is 333 g/mol. The van der Waals surface area contributed by atoms with Crippen LogP contribution in [-0.4, -0.2) is 47.1 Å². The normalized spacial score (nSPS) is 20.9. The van der Waals surface area contributed by atoms with Gasteiger partial charge in [0.05, 0.1) is 17.5 Å². The van der Waals surface area contributed by atoms with Gasteiger partial charge >= 0.3 is 0 Å². The maximum absolute atomic E-state index is 12.7. The maximum Gasteiger partial charge on any atom is 0.244 e. The third-order valence-corrected chi connectivity index (χ3v) is 5.74. The molecule has 2 aromatic rings. The van der Waals surface area contributed by atoms with E-state index in [1.165, 1.54) is 0 Å². The molecule has 6 nitrogen and oxygen atoms in total. The van der Waals surface area contributed by atoms with Crippen LogP contribution in [0.4, 0.5) is 0 Å². The molecule has 122 valence electrons. The zero-order valence-corrected chi connectivity index (χ0v) is 13.5. The number of nitrogens with zero attached hydrogens (tertiary/aromatic N) is 3. The average Bonchev–Trinajstić information content (AvgIpc) is 2.97. The molecule has 1 amide bonds. The van der Waals surface area contributed by atoms with Crippen LogP contribution in [0.2, 0.25) is 0 Å². The van der Waals surface area contributed by atoms with Crippen molar-refractivity contribution >= 4 is 15.7 Å². The molecule has 2 heterocycles. The van der Waals surface area contributed by atoms with Crippen molar-refractivity contribution in [3.8, 4) is 0 Å². The quantitative estimate of drug-likeness (QED) is 0.848. The molecule has 1 saturated heterocycles. The van der Waals surface area contributed by atoms with Crippen LogP contribution in [0.1, 0.15) is 18.0 Å². The van der Waals surface area contributed by atoms with Crippen LogP contribution in [0.15, 0.2) is 48.8 Å². The summed E-state index contributed by atoms with van der Waals surface area (Å²) in [6.07, 6.45) is 3.81. The number of rotatable bonds is 3. The summed E-state index contributed by atoms with van der Waals surface area (Å²) in [5, 5.41) is 4.05. The predicted octanol–water partition coefficient (Wildman–Crippen LogP) is 1.27. The first-order valence-corrected chi connectivity index (χ1v) is 9.39. The zero-order chi connectivity index (χ0) is 16.3. The van der Waals surface area contributed by atoms with Crippen molar-refractivity contribution in [3.05, 3.63) is 54.4 Å². The zero-order valence-electron chi connectivity index (χ0n) is 12.7. The Kier molecular flexibility index (Phi) is 4.47. The second kappa shape index (κ2) is 6.54. The molecule has 7 heteroatoms. The topological polar surface area (TPSA) is 72.3 Å². The van der Waals surface area contributed by atoms with Crippen LogP contribution in [0.25, 0.3) is 0 Å². The highest BCUT2D eigenvalue weighted by molar-refractivity contribution is 7.91. The molecule has 1 unspecified atom stereocenters. The Labute approximate surface area is 135 Å². The average molecular weight is 333 g/mol. The van der Waals surface area contributed by atoms with Gasteiger partial charge in [-0.1, -0.05) is 30.3 Å². The van der Waals surface area contributed by atoms with Gasteiger partial charge in [-0.25, -0.2) is 8.42 Å². The van der Waals surface area contributed by atoms with Gasteiger partial charge in [-0.3, -0.25) is 9.48 Å². The van der Waals surface area contributed by atoms with Crippen molar-refractivity contribution in [3.63, 3.8) is 0 Å². The van der Waals surface area contributed by atoms with Gasteiger partial charge in [0.2, 0.25) is 5.91 Å². The molecule has 23 heavy (non-hydrogen) atoms. The number of sulfone groups is 1. The lowest BCUT2D eigenvalue weighted by Gasteiger charge is -2.30. The van der Waals surface area contributed by atoms with Crippen LogP contribution < -0.4 is 0 Å². The lowest BCUT2D eigenvalue weighted by atomic mass is 10.1. The molecule has 0 bridgehead atoms. The summed E-state index contributed by atoms with van der Waals surface area (Å²) >= 11 is 0. The van der Waals surface area contributed by atoms with Gasteiger partial charge in [0, 0.05) is 18.9 Å². The van der Waals surface area contributed by atoms with Gasteiger partial charge in [0.1, 0.15) is 6.54 Å². The van der Waals surface area contributed by atoms with Gasteiger partial charge in [-0.2, -0.15) is 5.10 Å². The fourth-order valence-corrected chi connectivity index (χ4v) is 4.49. The maximum atomic E-state index is 12.7. The number of benzene rings is 1. The summed E-state index contributed by atoms with van der Waals surface area (Å²) < 4.78 is 25.9. The molecule has 1 atom stereocenters. The first-order chi connectivity index (χ1) is 11.1. The minimum Gasteiger partial charge on any atom is -0.333 e. The van der Waals surface area contributed by atoms with E-state index in [1.807, 2.05) is 30.3 Å². The van der Waals surface area contributed by atoms with Crippen molar-refractivity contribution in [2.75, 3.05) is 18.1 Å². The van der Waals surface area contributed by atoms with E-state index in [9.17, 15) is 13.2 Å². The first kappa shape index (κ1) is 15.7. The smallest absolute Gasteiger partial charge is 0.244 e. The number of aromatic nitrogens is 2. The van der Waals surface area contributed by atoms with E-state index < -0.39 is 15.9 Å². The molecule has 1 aliphatic rings. The molecule has 0 radical (unpaired) electrons. The second-order valence-electron chi connectivity index (χ2n) is 5.69. The molecule has 1 aliphatic heterocycles. The molecule has 0 spiro atoms. The van der Waals surface area contributed by atoms with E-state index in [2.05, 4.69) is 5.10 Å². The molecule has 0 aliphatic carbocycles. The third kappa shape index (κ3) is 3.79. The van der Waals surface area contributed by atoms with Gasteiger partial charge in [-0.05, 0) is 18.1 Å². The summed E-state index contributed by atoms with van der Waals surface area (Å²) in [6, 6.07) is 10.7. The highest BCUT2D eigenvalue weighted by atomic mass is 32.2. The molecular weight excluding hydrogens is 314 g/mol. The van der Waals surface area contributed by atoms with Crippen LogP contribution >= 0.6 is 0 Å². The van der Waals surface area contributed by atoms with E-state index >= 15 is 0 Å².